The molecule has 0 spiro atoms. The average Bonchev–Trinajstić information content (AvgIpc) is 2.94. The molecular weight excluding hydrogens is 667 g/mol. The van der Waals surface area contributed by atoms with Crippen molar-refractivity contribution in [1.82, 2.24) is 10.2 Å². The number of nitrogens with zero attached hydrogens (tertiary/aromatic N) is 3. The quantitative estimate of drug-likeness (QED) is 0.181. The van der Waals surface area contributed by atoms with Gasteiger partial charge in [0.05, 0.1) is 22.6 Å². The molecule has 0 heterocycles. The van der Waals surface area contributed by atoms with Gasteiger partial charge in [0.1, 0.15) is 18.3 Å². The summed E-state index contributed by atoms with van der Waals surface area (Å²) in [4.78, 5) is 39.2. The number of sulfonamides is 1. The molecule has 1 atom stereocenters. The molecule has 0 bridgehead atoms. The standard InChI is InChI=1S/C30H33Cl3N4O7S/c1-18-7-11-23(15-25(18)37(40)41)45(42,43)36(26-14-22(32)10-12-27(26)44-6)17-28(38)35(19(2)29(39)34-30(3,4)5)16-20-8-9-21(31)13-24(20)33/h7-15,19H,16-17H2,1-6H3,(H,34,39). The highest BCUT2D eigenvalue weighted by Gasteiger charge is 2.35. The summed E-state index contributed by atoms with van der Waals surface area (Å²) < 4.78 is 34.6. The normalized spacial score (nSPS) is 12.3. The smallest absolute Gasteiger partial charge is 0.273 e. The lowest BCUT2D eigenvalue weighted by molar-refractivity contribution is -0.385. The van der Waals surface area contributed by atoms with E-state index in [0.717, 1.165) is 10.4 Å². The van der Waals surface area contributed by atoms with Crippen LogP contribution in [0.25, 0.3) is 0 Å². The maximum absolute atomic E-state index is 14.2. The molecule has 0 fully saturated rings. The van der Waals surface area contributed by atoms with Crippen LogP contribution in [0.5, 0.6) is 5.75 Å². The number of carbonyl (C=O) groups excluding carboxylic acids is 2. The van der Waals surface area contributed by atoms with E-state index >= 15 is 0 Å². The molecule has 15 heteroatoms. The zero-order chi connectivity index (χ0) is 33.9. The van der Waals surface area contributed by atoms with Crippen molar-refractivity contribution in [1.29, 1.82) is 0 Å². The fourth-order valence-electron chi connectivity index (χ4n) is 4.34. The first-order chi connectivity index (χ1) is 20.8. The molecule has 0 aromatic heterocycles. The molecule has 0 aliphatic heterocycles. The van der Waals surface area contributed by atoms with Gasteiger partial charge >= 0.3 is 0 Å². The van der Waals surface area contributed by atoms with E-state index in [9.17, 15) is 28.1 Å². The number of aryl methyl sites for hydroxylation is 1. The Morgan fingerprint density at radius 3 is 2.22 bits per heavy atom. The molecular formula is C30H33Cl3N4O7S. The van der Waals surface area contributed by atoms with Crippen LogP contribution in [0, 0.1) is 17.0 Å². The molecule has 11 nitrogen and oxygen atoms in total. The second-order valence-electron chi connectivity index (χ2n) is 11.2. The predicted molar refractivity (Wildman–Crippen MR) is 175 cm³/mol. The number of methoxy groups -OCH3 is 1. The Hall–Kier alpha value is -3.58. The van der Waals surface area contributed by atoms with Gasteiger partial charge in [-0.2, -0.15) is 0 Å². The number of rotatable bonds is 11. The highest BCUT2D eigenvalue weighted by atomic mass is 35.5. The predicted octanol–water partition coefficient (Wildman–Crippen LogP) is 6.40. The van der Waals surface area contributed by atoms with E-state index in [1.165, 1.54) is 62.3 Å². The zero-order valence-electron chi connectivity index (χ0n) is 25.4. The lowest BCUT2D eigenvalue weighted by atomic mass is 10.1. The van der Waals surface area contributed by atoms with E-state index in [1.54, 1.807) is 32.9 Å². The average molecular weight is 700 g/mol. The Morgan fingerprint density at radius 1 is 1.02 bits per heavy atom. The van der Waals surface area contributed by atoms with Crippen molar-refractivity contribution in [2.24, 2.45) is 0 Å². The molecule has 0 saturated heterocycles. The van der Waals surface area contributed by atoms with E-state index in [1.807, 2.05) is 0 Å². The minimum atomic E-state index is -4.67. The van der Waals surface area contributed by atoms with Crippen molar-refractivity contribution in [2.75, 3.05) is 18.0 Å². The summed E-state index contributed by atoms with van der Waals surface area (Å²) in [5.41, 5.74) is -0.466. The lowest BCUT2D eigenvalue weighted by Crippen LogP contribution is -2.54. The monoisotopic (exact) mass is 698 g/mol. The number of hydrogen-bond donors (Lipinski definition) is 1. The summed E-state index contributed by atoms with van der Waals surface area (Å²) in [5, 5.41) is 15.2. The van der Waals surface area contributed by atoms with E-state index in [0.29, 0.717) is 10.6 Å². The van der Waals surface area contributed by atoms with Gasteiger partial charge in [-0.25, -0.2) is 8.42 Å². The summed E-state index contributed by atoms with van der Waals surface area (Å²) >= 11 is 18.7. The topological polar surface area (TPSA) is 139 Å². The van der Waals surface area contributed by atoms with Crippen LogP contribution in [0.1, 0.15) is 38.8 Å². The van der Waals surface area contributed by atoms with Crippen molar-refractivity contribution in [2.45, 2.75) is 57.6 Å². The minimum Gasteiger partial charge on any atom is -0.495 e. The third-order valence-corrected chi connectivity index (χ3v) is 9.25. The van der Waals surface area contributed by atoms with Crippen LogP contribution < -0.4 is 14.4 Å². The summed E-state index contributed by atoms with van der Waals surface area (Å²) in [6, 6.07) is 11.2. The van der Waals surface area contributed by atoms with Crippen LogP contribution in [-0.2, 0) is 26.2 Å². The van der Waals surface area contributed by atoms with E-state index < -0.39 is 55.5 Å². The summed E-state index contributed by atoms with van der Waals surface area (Å²) in [5.74, 6) is -1.22. The number of nitro groups is 1. The SMILES string of the molecule is COc1ccc(Cl)cc1N(CC(=O)N(Cc1ccc(Cl)cc1Cl)C(C)C(=O)NC(C)(C)C)S(=O)(=O)c1ccc(C)c([N+](=O)[O-])c1. The fourth-order valence-corrected chi connectivity index (χ4v) is 6.41. The molecule has 0 radical (unpaired) electrons. The number of ether oxygens (including phenoxy) is 1. The van der Waals surface area contributed by atoms with E-state index in [-0.39, 0.29) is 33.6 Å². The maximum Gasteiger partial charge on any atom is 0.273 e. The Morgan fingerprint density at radius 2 is 1.64 bits per heavy atom. The van der Waals surface area contributed by atoms with Gasteiger partial charge in [0.15, 0.2) is 0 Å². The minimum absolute atomic E-state index is 0.0585. The first kappa shape index (κ1) is 35.9. The van der Waals surface area contributed by atoms with Crippen molar-refractivity contribution >= 4 is 68.0 Å². The number of amides is 2. The van der Waals surface area contributed by atoms with Crippen molar-refractivity contribution < 1.29 is 27.7 Å². The van der Waals surface area contributed by atoms with Gasteiger partial charge in [-0.05, 0) is 76.6 Å². The molecule has 1 N–H and O–H groups in total. The molecule has 45 heavy (non-hydrogen) atoms. The molecule has 2 amide bonds. The zero-order valence-corrected chi connectivity index (χ0v) is 28.5. The van der Waals surface area contributed by atoms with Crippen LogP contribution in [0.15, 0.2) is 59.5 Å². The summed E-state index contributed by atoms with van der Waals surface area (Å²) in [7, 11) is -3.36. The molecule has 0 aliphatic carbocycles. The van der Waals surface area contributed by atoms with E-state index in [4.69, 9.17) is 39.5 Å². The summed E-state index contributed by atoms with van der Waals surface area (Å²) in [6.07, 6.45) is 0. The third kappa shape index (κ3) is 8.78. The first-order valence-corrected chi connectivity index (χ1v) is 16.1. The second kappa shape index (κ2) is 14.2. The third-order valence-electron chi connectivity index (χ3n) is 6.68. The van der Waals surface area contributed by atoms with Gasteiger partial charge in [0.2, 0.25) is 11.8 Å². The van der Waals surface area contributed by atoms with Gasteiger partial charge < -0.3 is 15.0 Å². The van der Waals surface area contributed by atoms with Crippen molar-refractivity contribution in [3.8, 4) is 5.75 Å². The maximum atomic E-state index is 14.2. The van der Waals surface area contributed by atoms with Gasteiger partial charge in [-0.15, -0.1) is 0 Å². The lowest BCUT2D eigenvalue weighted by Gasteiger charge is -2.34. The highest BCUT2D eigenvalue weighted by Crippen LogP contribution is 2.36. The number of benzene rings is 3. The molecule has 0 saturated carbocycles. The van der Waals surface area contributed by atoms with E-state index in [2.05, 4.69) is 5.32 Å². The number of nitro benzene ring substituents is 1. The number of carbonyl (C=O) groups is 2. The second-order valence-corrected chi connectivity index (χ2v) is 14.3. The molecule has 3 aromatic carbocycles. The molecule has 3 rings (SSSR count). The number of nitrogens with one attached hydrogen (secondary N) is 1. The Bertz CT molecular complexity index is 1730. The molecule has 0 aliphatic rings. The Kier molecular flexibility index (Phi) is 11.4. The number of halogens is 3. The molecule has 242 valence electrons. The number of anilines is 1. The van der Waals surface area contributed by atoms with Crippen molar-refractivity contribution in [3.05, 3.63) is 90.9 Å². The highest BCUT2D eigenvalue weighted by molar-refractivity contribution is 7.92. The van der Waals surface area contributed by atoms with Gasteiger partial charge in [0, 0.05) is 38.8 Å². The van der Waals surface area contributed by atoms with Crippen LogP contribution in [0.4, 0.5) is 11.4 Å². The summed E-state index contributed by atoms with van der Waals surface area (Å²) in [6.45, 7) is 7.30. The van der Waals surface area contributed by atoms with Crippen LogP contribution in [0.3, 0.4) is 0 Å². The molecule has 1 unspecified atom stereocenters. The van der Waals surface area contributed by atoms with Gasteiger partial charge in [-0.1, -0.05) is 46.9 Å². The fraction of sp³-hybridized carbons (Fsp3) is 0.333. The van der Waals surface area contributed by atoms with Crippen LogP contribution in [-0.4, -0.2) is 55.3 Å². The Labute approximate surface area is 277 Å². The van der Waals surface area contributed by atoms with Crippen molar-refractivity contribution in [3.63, 3.8) is 0 Å². The molecule has 3 aromatic rings. The Balaban J connectivity index is 2.19. The van der Waals surface area contributed by atoms with Crippen LogP contribution >= 0.6 is 34.8 Å². The number of hydrogen-bond acceptors (Lipinski definition) is 7. The first-order valence-electron chi connectivity index (χ1n) is 13.5. The largest absolute Gasteiger partial charge is 0.495 e. The van der Waals surface area contributed by atoms with Gasteiger partial charge in [-0.3, -0.25) is 24.0 Å². The van der Waals surface area contributed by atoms with Crippen LogP contribution in [0.2, 0.25) is 15.1 Å². The van der Waals surface area contributed by atoms with Gasteiger partial charge in [0.25, 0.3) is 15.7 Å².